The molecule has 98 valence electrons. The van der Waals surface area contributed by atoms with Gasteiger partial charge in [0, 0.05) is 11.4 Å². The topological polar surface area (TPSA) is 91.3 Å². The molecule has 2 rings (SSSR count). The summed E-state index contributed by atoms with van der Waals surface area (Å²) < 4.78 is 0. The number of thiazole rings is 1. The average Bonchev–Trinajstić information content (AvgIpc) is 3.02. The quantitative estimate of drug-likeness (QED) is 0.747. The number of carboxylic acids is 1. The molecule has 0 spiro atoms. The van der Waals surface area contributed by atoms with E-state index < -0.39 is 11.4 Å². The van der Waals surface area contributed by atoms with Crippen LogP contribution in [-0.4, -0.2) is 28.6 Å². The van der Waals surface area contributed by atoms with Crippen LogP contribution in [0.5, 0.6) is 0 Å². The molecule has 1 heterocycles. The van der Waals surface area contributed by atoms with E-state index >= 15 is 0 Å². The maximum atomic E-state index is 11.5. The lowest BCUT2D eigenvalue weighted by molar-refractivity contribution is -0.143. The third kappa shape index (κ3) is 2.79. The Hall–Kier alpha value is -1.63. The smallest absolute Gasteiger partial charge is 0.315 e. The molecule has 7 heteroatoms. The predicted octanol–water partition coefficient (Wildman–Crippen LogP) is 1.12. The Morgan fingerprint density at radius 1 is 1.50 bits per heavy atom. The Morgan fingerprint density at radius 3 is 2.72 bits per heavy atom. The Balaban J connectivity index is 1.73. The predicted molar refractivity (Wildman–Crippen MR) is 66.4 cm³/mol. The van der Waals surface area contributed by atoms with Crippen LogP contribution in [0.25, 0.3) is 0 Å². The largest absolute Gasteiger partial charge is 0.481 e. The summed E-state index contributed by atoms with van der Waals surface area (Å²) in [6, 6.07) is -0.338. The number of carbonyl (C=O) groups is 2. The van der Waals surface area contributed by atoms with Gasteiger partial charge in [-0.15, -0.1) is 11.3 Å². The third-order valence-corrected chi connectivity index (χ3v) is 4.08. The Bertz CT molecular complexity index is 468. The SMILES string of the molecule is Cc1ncsc1CNC(=O)NCC1(C(=O)O)CC1. The number of nitrogens with one attached hydrogen (secondary N) is 2. The number of nitrogens with zero attached hydrogens (tertiary/aromatic N) is 1. The third-order valence-electron chi connectivity index (χ3n) is 3.15. The van der Waals surface area contributed by atoms with Crippen LogP contribution < -0.4 is 10.6 Å². The van der Waals surface area contributed by atoms with Gasteiger partial charge in [0.1, 0.15) is 0 Å². The first kappa shape index (κ1) is 12.8. The van der Waals surface area contributed by atoms with E-state index in [1.54, 1.807) is 5.51 Å². The van der Waals surface area contributed by atoms with Crippen molar-refractivity contribution in [3.63, 3.8) is 0 Å². The molecule has 1 aromatic heterocycles. The lowest BCUT2D eigenvalue weighted by atomic mass is 10.1. The number of aliphatic carboxylic acids is 1. The van der Waals surface area contributed by atoms with Crippen LogP contribution in [0.15, 0.2) is 5.51 Å². The van der Waals surface area contributed by atoms with Gasteiger partial charge in [-0.3, -0.25) is 4.79 Å². The number of hydrogen-bond donors (Lipinski definition) is 3. The van der Waals surface area contributed by atoms with Crippen molar-refractivity contribution >= 4 is 23.3 Å². The number of urea groups is 1. The molecule has 1 aromatic rings. The number of carbonyl (C=O) groups excluding carboxylic acids is 1. The second-order valence-electron chi connectivity index (χ2n) is 4.48. The van der Waals surface area contributed by atoms with E-state index in [1.807, 2.05) is 6.92 Å². The van der Waals surface area contributed by atoms with E-state index in [0.29, 0.717) is 19.4 Å². The highest BCUT2D eigenvalue weighted by molar-refractivity contribution is 7.09. The molecule has 1 aliphatic rings. The van der Waals surface area contributed by atoms with Crippen LogP contribution in [0.2, 0.25) is 0 Å². The van der Waals surface area contributed by atoms with Crippen LogP contribution in [0.4, 0.5) is 4.79 Å². The molecular formula is C11H15N3O3S. The zero-order chi connectivity index (χ0) is 13.2. The number of amides is 2. The van der Waals surface area contributed by atoms with Crippen molar-refractivity contribution in [3.8, 4) is 0 Å². The van der Waals surface area contributed by atoms with Gasteiger partial charge in [0.2, 0.25) is 0 Å². The van der Waals surface area contributed by atoms with Crippen molar-refractivity contribution in [2.45, 2.75) is 26.3 Å². The molecule has 1 aliphatic carbocycles. The number of carboxylic acid groups (broad SMARTS) is 1. The van der Waals surface area contributed by atoms with Crippen LogP contribution in [-0.2, 0) is 11.3 Å². The molecule has 2 amide bonds. The second kappa shape index (κ2) is 4.93. The van der Waals surface area contributed by atoms with E-state index in [9.17, 15) is 9.59 Å². The molecule has 0 atom stereocenters. The molecule has 0 bridgehead atoms. The van der Waals surface area contributed by atoms with Crippen molar-refractivity contribution in [1.29, 1.82) is 0 Å². The van der Waals surface area contributed by atoms with Crippen molar-refractivity contribution in [3.05, 3.63) is 16.1 Å². The minimum Gasteiger partial charge on any atom is -0.481 e. The molecule has 0 saturated heterocycles. The van der Waals surface area contributed by atoms with Crippen molar-refractivity contribution < 1.29 is 14.7 Å². The van der Waals surface area contributed by atoms with Gasteiger partial charge >= 0.3 is 12.0 Å². The Kier molecular flexibility index (Phi) is 3.51. The highest BCUT2D eigenvalue weighted by Gasteiger charge is 2.50. The van der Waals surface area contributed by atoms with Gasteiger partial charge in [-0.25, -0.2) is 9.78 Å². The molecule has 0 radical (unpaired) electrons. The molecule has 3 N–H and O–H groups in total. The molecule has 0 aliphatic heterocycles. The maximum Gasteiger partial charge on any atom is 0.315 e. The standard InChI is InChI=1S/C11H15N3O3S/c1-7-8(18-6-14-7)4-12-10(17)13-5-11(2-3-11)9(15)16/h6H,2-5H2,1H3,(H,15,16)(H2,12,13,17). The monoisotopic (exact) mass is 269 g/mol. The summed E-state index contributed by atoms with van der Waals surface area (Å²) in [5, 5.41) is 14.2. The molecule has 1 saturated carbocycles. The van der Waals surface area contributed by atoms with Crippen LogP contribution >= 0.6 is 11.3 Å². The molecule has 0 aromatic carbocycles. The van der Waals surface area contributed by atoms with E-state index in [4.69, 9.17) is 5.11 Å². The van der Waals surface area contributed by atoms with Crippen LogP contribution in [0.3, 0.4) is 0 Å². The van der Waals surface area contributed by atoms with Crippen LogP contribution in [0, 0.1) is 12.3 Å². The summed E-state index contributed by atoms with van der Waals surface area (Å²) >= 11 is 1.48. The van der Waals surface area contributed by atoms with Crippen molar-refractivity contribution in [2.24, 2.45) is 5.41 Å². The first-order valence-electron chi connectivity index (χ1n) is 5.67. The van der Waals surface area contributed by atoms with Gasteiger partial charge in [0.05, 0.1) is 23.2 Å². The number of aryl methyl sites for hydroxylation is 1. The van der Waals surface area contributed by atoms with E-state index in [0.717, 1.165) is 10.6 Å². The van der Waals surface area contributed by atoms with Crippen molar-refractivity contribution in [1.82, 2.24) is 15.6 Å². The van der Waals surface area contributed by atoms with Gasteiger partial charge in [-0.05, 0) is 19.8 Å². The number of aromatic nitrogens is 1. The fourth-order valence-electron chi connectivity index (χ4n) is 1.59. The molecular weight excluding hydrogens is 254 g/mol. The number of rotatable bonds is 5. The van der Waals surface area contributed by atoms with Gasteiger partial charge < -0.3 is 15.7 Å². The van der Waals surface area contributed by atoms with Crippen molar-refractivity contribution in [2.75, 3.05) is 6.54 Å². The average molecular weight is 269 g/mol. The fraction of sp³-hybridized carbons (Fsp3) is 0.545. The maximum absolute atomic E-state index is 11.5. The van der Waals surface area contributed by atoms with Gasteiger partial charge in [-0.2, -0.15) is 0 Å². The van der Waals surface area contributed by atoms with Gasteiger partial charge in [0.15, 0.2) is 0 Å². The number of hydrogen-bond acceptors (Lipinski definition) is 4. The summed E-state index contributed by atoms with van der Waals surface area (Å²) in [5.74, 6) is -0.832. The Morgan fingerprint density at radius 2 is 2.22 bits per heavy atom. The van der Waals surface area contributed by atoms with E-state index in [2.05, 4.69) is 15.6 Å². The minimum atomic E-state index is -0.832. The highest BCUT2D eigenvalue weighted by atomic mass is 32.1. The summed E-state index contributed by atoms with van der Waals surface area (Å²) in [5.41, 5.74) is 1.91. The highest BCUT2D eigenvalue weighted by Crippen LogP contribution is 2.45. The summed E-state index contributed by atoms with van der Waals surface area (Å²) in [6.07, 6.45) is 1.27. The lowest BCUT2D eigenvalue weighted by Gasteiger charge is -2.11. The fourth-order valence-corrected chi connectivity index (χ4v) is 2.30. The summed E-state index contributed by atoms with van der Waals surface area (Å²) in [7, 11) is 0. The zero-order valence-corrected chi connectivity index (χ0v) is 10.8. The first-order valence-corrected chi connectivity index (χ1v) is 6.55. The summed E-state index contributed by atoms with van der Waals surface area (Å²) in [4.78, 5) is 27.5. The normalized spacial score (nSPS) is 16.1. The Labute approximate surface area is 108 Å². The second-order valence-corrected chi connectivity index (χ2v) is 5.42. The lowest BCUT2D eigenvalue weighted by Crippen LogP contribution is -2.40. The summed E-state index contributed by atoms with van der Waals surface area (Å²) in [6.45, 7) is 2.49. The molecule has 1 fully saturated rings. The van der Waals surface area contributed by atoms with Crippen LogP contribution in [0.1, 0.15) is 23.4 Å². The van der Waals surface area contributed by atoms with E-state index in [-0.39, 0.29) is 12.6 Å². The zero-order valence-electron chi connectivity index (χ0n) is 10.0. The molecule has 0 unspecified atom stereocenters. The molecule has 6 nitrogen and oxygen atoms in total. The van der Waals surface area contributed by atoms with Gasteiger partial charge in [-0.1, -0.05) is 0 Å². The molecule has 18 heavy (non-hydrogen) atoms. The first-order chi connectivity index (χ1) is 8.53. The minimum absolute atomic E-state index is 0.190. The van der Waals surface area contributed by atoms with E-state index in [1.165, 1.54) is 11.3 Å². The van der Waals surface area contributed by atoms with Gasteiger partial charge in [0.25, 0.3) is 0 Å².